The summed E-state index contributed by atoms with van der Waals surface area (Å²) in [6, 6.07) is 6.39. The number of piperidine rings is 1. The van der Waals surface area contributed by atoms with Crippen molar-refractivity contribution in [3.8, 4) is 0 Å². The van der Waals surface area contributed by atoms with Gasteiger partial charge in [0.15, 0.2) is 0 Å². The van der Waals surface area contributed by atoms with Gasteiger partial charge in [-0.1, -0.05) is 11.6 Å². The number of hydrogen-bond donors (Lipinski definition) is 3. The number of rotatable bonds is 5. The fourth-order valence-electron chi connectivity index (χ4n) is 2.61. The number of nitrogens with zero attached hydrogens (tertiary/aromatic N) is 1. The van der Waals surface area contributed by atoms with Gasteiger partial charge in [-0.05, 0) is 44.4 Å². The summed E-state index contributed by atoms with van der Waals surface area (Å²) >= 11 is 6.38. The normalized spacial score (nSPS) is 20.8. The van der Waals surface area contributed by atoms with Crippen molar-refractivity contribution in [2.75, 3.05) is 29.9 Å². The Morgan fingerprint density at radius 1 is 1.45 bits per heavy atom. The zero-order valence-corrected chi connectivity index (χ0v) is 12.6. The molecular formula is C15H23ClN2O2. The number of halogens is 1. The second kappa shape index (κ2) is 7.16. The summed E-state index contributed by atoms with van der Waals surface area (Å²) < 4.78 is 0. The standard InChI is InChI=1S/C15H23ClN2O2/c1-11-4-2-3-7-18(11)15-6-5-12(8-14(15)16)17-9-13(20)10-19/h5-6,8,11,13,17,19-20H,2-4,7,9-10H2,1H3. The van der Waals surface area contributed by atoms with E-state index in [0.29, 0.717) is 12.6 Å². The molecule has 4 nitrogen and oxygen atoms in total. The van der Waals surface area contributed by atoms with Gasteiger partial charge >= 0.3 is 0 Å². The van der Waals surface area contributed by atoms with E-state index in [1.54, 1.807) is 0 Å². The topological polar surface area (TPSA) is 55.7 Å². The summed E-state index contributed by atoms with van der Waals surface area (Å²) in [6.45, 7) is 3.35. The highest BCUT2D eigenvalue weighted by atomic mass is 35.5. The average Bonchev–Trinajstić information content (AvgIpc) is 2.46. The van der Waals surface area contributed by atoms with Crippen LogP contribution in [-0.4, -0.2) is 42.1 Å². The number of benzene rings is 1. The lowest BCUT2D eigenvalue weighted by Gasteiger charge is -2.36. The minimum Gasteiger partial charge on any atom is -0.394 e. The Labute approximate surface area is 125 Å². The van der Waals surface area contributed by atoms with Crippen molar-refractivity contribution in [2.24, 2.45) is 0 Å². The first kappa shape index (κ1) is 15.4. The van der Waals surface area contributed by atoms with Crippen LogP contribution in [0.25, 0.3) is 0 Å². The van der Waals surface area contributed by atoms with Gasteiger partial charge in [0.1, 0.15) is 0 Å². The fourth-order valence-corrected chi connectivity index (χ4v) is 2.90. The van der Waals surface area contributed by atoms with Crippen LogP contribution in [-0.2, 0) is 0 Å². The summed E-state index contributed by atoms with van der Waals surface area (Å²) in [6.07, 6.45) is 2.95. The minimum atomic E-state index is -0.754. The van der Waals surface area contributed by atoms with Crippen molar-refractivity contribution in [1.82, 2.24) is 0 Å². The van der Waals surface area contributed by atoms with E-state index in [-0.39, 0.29) is 6.61 Å². The third-order valence-corrected chi connectivity index (χ3v) is 4.12. The number of aliphatic hydroxyl groups is 2. The van der Waals surface area contributed by atoms with Crippen molar-refractivity contribution in [3.63, 3.8) is 0 Å². The van der Waals surface area contributed by atoms with Crippen molar-refractivity contribution >= 4 is 23.0 Å². The van der Waals surface area contributed by atoms with Gasteiger partial charge < -0.3 is 20.4 Å². The molecule has 5 heteroatoms. The molecule has 2 atom stereocenters. The molecular weight excluding hydrogens is 276 g/mol. The lowest BCUT2D eigenvalue weighted by Crippen LogP contribution is -2.37. The zero-order valence-electron chi connectivity index (χ0n) is 11.8. The van der Waals surface area contributed by atoms with Gasteiger partial charge in [-0.2, -0.15) is 0 Å². The van der Waals surface area contributed by atoms with Gasteiger partial charge in [-0.15, -0.1) is 0 Å². The van der Waals surface area contributed by atoms with Crippen molar-refractivity contribution in [3.05, 3.63) is 23.2 Å². The van der Waals surface area contributed by atoms with E-state index in [0.717, 1.165) is 22.9 Å². The van der Waals surface area contributed by atoms with E-state index >= 15 is 0 Å². The molecule has 20 heavy (non-hydrogen) atoms. The van der Waals surface area contributed by atoms with Crippen LogP contribution in [0.4, 0.5) is 11.4 Å². The largest absolute Gasteiger partial charge is 0.394 e. The van der Waals surface area contributed by atoms with Crippen LogP contribution in [0.1, 0.15) is 26.2 Å². The second-order valence-electron chi connectivity index (χ2n) is 5.42. The Balaban J connectivity index is 2.05. The minimum absolute atomic E-state index is 0.246. The molecule has 1 aromatic rings. The molecule has 1 aliphatic rings. The molecule has 0 amide bonds. The maximum absolute atomic E-state index is 9.33. The van der Waals surface area contributed by atoms with E-state index in [4.69, 9.17) is 16.7 Å². The van der Waals surface area contributed by atoms with Crippen molar-refractivity contribution in [1.29, 1.82) is 0 Å². The molecule has 0 radical (unpaired) electrons. The summed E-state index contributed by atoms with van der Waals surface area (Å²) in [5.74, 6) is 0. The van der Waals surface area contributed by atoms with Crippen LogP contribution < -0.4 is 10.2 Å². The fraction of sp³-hybridized carbons (Fsp3) is 0.600. The SMILES string of the molecule is CC1CCCCN1c1ccc(NCC(O)CO)cc1Cl. The summed E-state index contributed by atoms with van der Waals surface area (Å²) in [5, 5.41) is 21.9. The summed E-state index contributed by atoms with van der Waals surface area (Å²) in [7, 11) is 0. The third kappa shape index (κ3) is 3.78. The molecule has 2 rings (SSSR count). The monoisotopic (exact) mass is 298 g/mol. The Morgan fingerprint density at radius 2 is 2.25 bits per heavy atom. The van der Waals surface area contributed by atoms with Gasteiger partial charge in [0, 0.05) is 24.8 Å². The smallest absolute Gasteiger partial charge is 0.0942 e. The van der Waals surface area contributed by atoms with E-state index in [2.05, 4.69) is 17.1 Å². The summed E-state index contributed by atoms with van der Waals surface area (Å²) in [4.78, 5) is 2.36. The molecule has 0 saturated carbocycles. The average molecular weight is 299 g/mol. The number of aliphatic hydroxyl groups excluding tert-OH is 2. The Morgan fingerprint density at radius 3 is 2.90 bits per heavy atom. The predicted octanol–water partition coefficient (Wildman–Crippen LogP) is 2.48. The molecule has 0 bridgehead atoms. The number of anilines is 2. The molecule has 0 spiro atoms. The van der Waals surface area contributed by atoms with Gasteiger partial charge in [-0.3, -0.25) is 0 Å². The van der Waals surface area contributed by atoms with Gasteiger partial charge in [-0.25, -0.2) is 0 Å². The lowest BCUT2D eigenvalue weighted by molar-refractivity contribution is 0.105. The van der Waals surface area contributed by atoms with Crippen molar-refractivity contribution in [2.45, 2.75) is 38.3 Å². The molecule has 1 saturated heterocycles. The molecule has 0 aliphatic carbocycles. The van der Waals surface area contributed by atoms with E-state index in [1.165, 1.54) is 19.3 Å². The van der Waals surface area contributed by atoms with E-state index in [1.807, 2.05) is 18.2 Å². The lowest BCUT2D eigenvalue weighted by atomic mass is 10.0. The highest BCUT2D eigenvalue weighted by Gasteiger charge is 2.20. The highest BCUT2D eigenvalue weighted by Crippen LogP contribution is 2.33. The molecule has 1 aromatic carbocycles. The van der Waals surface area contributed by atoms with Crippen LogP contribution in [0.15, 0.2) is 18.2 Å². The molecule has 2 unspecified atom stereocenters. The first-order chi connectivity index (χ1) is 9.61. The third-order valence-electron chi connectivity index (χ3n) is 3.81. The first-order valence-electron chi connectivity index (χ1n) is 7.21. The van der Waals surface area contributed by atoms with Gasteiger partial charge in [0.2, 0.25) is 0 Å². The molecule has 1 aliphatic heterocycles. The Hall–Kier alpha value is -0.970. The summed E-state index contributed by atoms with van der Waals surface area (Å²) in [5.41, 5.74) is 1.93. The zero-order chi connectivity index (χ0) is 14.5. The Kier molecular flexibility index (Phi) is 5.52. The van der Waals surface area contributed by atoms with Crippen LogP contribution in [0.2, 0.25) is 5.02 Å². The highest BCUT2D eigenvalue weighted by molar-refractivity contribution is 6.33. The molecule has 1 heterocycles. The number of nitrogens with one attached hydrogen (secondary N) is 1. The van der Waals surface area contributed by atoms with Crippen LogP contribution in [0.5, 0.6) is 0 Å². The van der Waals surface area contributed by atoms with Crippen LogP contribution in [0, 0.1) is 0 Å². The molecule has 1 fully saturated rings. The molecule has 0 aromatic heterocycles. The number of hydrogen-bond acceptors (Lipinski definition) is 4. The first-order valence-corrected chi connectivity index (χ1v) is 7.58. The van der Waals surface area contributed by atoms with Gasteiger partial charge in [0.05, 0.1) is 23.4 Å². The van der Waals surface area contributed by atoms with E-state index in [9.17, 15) is 5.11 Å². The molecule has 3 N–H and O–H groups in total. The van der Waals surface area contributed by atoms with Crippen molar-refractivity contribution < 1.29 is 10.2 Å². The second-order valence-corrected chi connectivity index (χ2v) is 5.83. The quantitative estimate of drug-likeness (QED) is 0.782. The van der Waals surface area contributed by atoms with Crippen LogP contribution in [0.3, 0.4) is 0 Å². The predicted molar refractivity (Wildman–Crippen MR) is 83.7 cm³/mol. The molecule has 112 valence electrons. The van der Waals surface area contributed by atoms with Gasteiger partial charge in [0.25, 0.3) is 0 Å². The maximum atomic E-state index is 9.33. The van der Waals surface area contributed by atoms with E-state index < -0.39 is 6.10 Å². The Bertz CT molecular complexity index is 442. The van der Waals surface area contributed by atoms with Crippen LogP contribution >= 0.6 is 11.6 Å². The maximum Gasteiger partial charge on any atom is 0.0942 e.